The van der Waals surface area contributed by atoms with Gasteiger partial charge in [-0.15, -0.1) is 0 Å². The van der Waals surface area contributed by atoms with Gasteiger partial charge in [0.05, 0.1) is 31.3 Å². The average Bonchev–Trinajstić information content (AvgIpc) is 2.89. The Kier molecular flexibility index (Phi) is 6.25. The number of sulfone groups is 1. The zero-order valence-electron chi connectivity index (χ0n) is 13.2. The maximum atomic E-state index is 11.5. The number of benzene rings is 1. The fourth-order valence-corrected chi connectivity index (χ4v) is 4.20. The van der Waals surface area contributed by atoms with E-state index in [1.165, 1.54) is 0 Å². The van der Waals surface area contributed by atoms with Crippen molar-refractivity contribution in [1.82, 2.24) is 5.32 Å². The molecule has 1 aliphatic heterocycles. The third-order valence-corrected chi connectivity index (χ3v) is 5.51. The predicted molar refractivity (Wildman–Crippen MR) is 87.2 cm³/mol. The zero-order chi connectivity index (χ0) is 16.7. The molecule has 0 bridgehead atoms. The molecule has 1 saturated heterocycles. The predicted octanol–water partition coefficient (Wildman–Crippen LogP) is 1.65. The Bertz CT molecular complexity index is 667. The van der Waals surface area contributed by atoms with Crippen molar-refractivity contribution in [2.45, 2.75) is 31.8 Å². The summed E-state index contributed by atoms with van der Waals surface area (Å²) >= 11 is 0. The highest BCUT2D eigenvalue weighted by Crippen LogP contribution is 2.28. The maximum Gasteiger partial charge on any atom is 0.161 e. The summed E-state index contributed by atoms with van der Waals surface area (Å²) < 4.78 is 33.9. The van der Waals surface area contributed by atoms with E-state index in [1.807, 2.05) is 18.2 Å². The van der Waals surface area contributed by atoms with Crippen LogP contribution in [0.2, 0.25) is 0 Å². The number of ether oxygens (including phenoxy) is 2. The second kappa shape index (κ2) is 8.18. The number of nitrogens with zero attached hydrogens (tertiary/aromatic N) is 1. The van der Waals surface area contributed by atoms with Crippen molar-refractivity contribution >= 4 is 9.84 Å². The van der Waals surface area contributed by atoms with Gasteiger partial charge in [0.25, 0.3) is 0 Å². The van der Waals surface area contributed by atoms with Crippen LogP contribution < -0.4 is 14.8 Å². The molecule has 0 aromatic heterocycles. The number of rotatable bonds is 8. The van der Waals surface area contributed by atoms with Gasteiger partial charge in [-0.3, -0.25) is 0 Å². The van der Waals surface area contributed by atoms with Crippen LogP contribution in [0.4, 0.5) is 0 Å². The first-order valence-electron chi connectivity index (χ1n) is 7.64. The van der Waals surface area contributed by atoms with Gasteiger partial charge in [0.2, 0.25) is 0 Å². The molecule has 0 saturated carbocycles. The van der Waals surface area contributed by atoms with Crippen LogP contribution in [0.1, 0.15) is 24.8 Å². The van der Waals surface area contributed by atoms with Crippen LogP contribution in [0.25, 0.3) is 0 Å². The fourth-order valence-electron chi connectivity index (χ4n) is 2.50. The summed E-state index contributed by atoms with van der Waals surface area (Å²) in [6.45, 7) is 1.04. The van der Waals surface area contributed by atoms with E-state index < -0.39 is 9.84 Å². The Balaban J connectivity index is 1.93. The molecule has 0 spiro atoms. The van der Waals surface area contributed by atoms with Crippen LogP contribution >= 0.6 is 0 Å². The molecule has 6 nitrogen and oxygen atoms in total. The zero-order valence-corrected chi connectivity index (χ0v) is 14.1. The molecule has 1 unspecified atom stereocenters. The molecule has 0 radical (unpaired) electrons. The molecule has 0 aliphatic carbocycles. The number of hydrogen-bond donors (Lipinski definition) is 1. The molecule has 1 heterocycles. The lowest BCUT2D eigenvalue weighted by Crippen LogP contribution is -2.29. The Morgan fingerprint density at radius 1 is 1.39 bits per heavy atom. The minimum Gasteiger partial charge on any atom is -0.493 e. The van der Waals surface area contributed by atoms with Gasteiger partial charge in [0.1, 0.15) is 0 Å². The van der Waals surface area contributed by atoms with E-state index in [4.69, 9.17) is 14.7 Å². The lowest BCUT2D eigenvalue weighted by atomic mass is 10.1. The van der Waals surface area contributed by atoms with E-state index in [-0.39, 0.29) is 17.5 Å². The van der Waals surface area contributed by atoms with Gasteiger partial charge in [0.15, 0.2) is 21.3 Å². The van der Waals surface area contributed by atoms with E-state index in [1.54, 1.807) is 7.11 Å². The van der Waals surface area contributed by atoms with Crippen molar-refractivity contribution in [2.75, 3.05) is 25.2 Å². The van der Waals surface area contributed by atoms with Crippen molar-refractivity contribution in [1.29, 1.82) is 5.26 Å². The second-order valence-electron chi connectivity index (χ2n) is 5.58. The first kappa shape index (κ1) is 17.6. The van der Waals surface area contributed by atoms with E-state index in [9.17, 15) is 8.42 Å². The van der Waals surface area contributed by atoms with Crippen molar-refractivity contribution in [2.24, 2.45) is 0 Å². The van der Waals surface area contributed by atoms with Crippen LogP contribution in [0, 0.1) is 11.3 Å². The summed E-state index contributed by atoms with van der Waals surface area (Å²) in [6.07, 6.45) is 1.79. The first-order valence-corrected chi connectivity index (χ1v) is 9.46. The van der Waals surface area contributed by atoms with Crippen LogP contribution in [0.5, 0.6) is 11.5 Å². The highest BCUT2D eigenvalue weighted by molar-refractivity contribution is 7.91. The Hall–Kier alpha value is -1.78. The van der Waals surface area contributed by atoms with Crippen molar-refractivity contribution in [3.8, 4) is 17.6 Å². The molecule has 1 aliphatic rings. The summed E-state index contributed by atoms with van der Waals surface area (Å²) in [4.78, 5) is 0. The van der Waals surface area contributed by atoms with Crippen molar-refractivity contribution in [3.05, 3.63) is 23.8 Å². The van der Waals surface area contributed by atoms with E-state index >= 15 is 0 Å². The number of methoxy groups -OCH3 is 1. The lowest BCUT2D eigenvalue weighted by Gasteiger charge is -2.14. The Morgan fingerprint density at radius 3 is 2.87 bits per heavy atom. The summed E-state index contributed by atoms with van der Waals surface area (Å²) in [7, 11) is -1.29. The number of nitrogens with one attached hydrogen (secondary N) is 1. The fraction of sp³-hybridized carbons (Fsp3) is 0.562. The van der Waals surface area contributed by atoms with Crippen LogP contribution in [-0.2, 0) is 16.4 Å². The number of unbranched alkanes of at least 4 members (excludes halogenated alkanes) is 1. The first-order chi connectivity index (χ1) is 11.0. The van der Waals surface area contributed by atoms with E-state index in [0.29, 0.717) is 43.9 Å². The van der Waals surface area contributed by atoms with Gasteiger partial charge in [0, 0.05) is 19.0 Å². The van der Waals surface area contributed by atoms with Gasteiger partial charge in [-0.25, -0.2) is 8.42 Å². The molecule has 0 amide bonds. The monoisotopic (exact) mass is 338 g/mol. The second-order valence-corrected chi connectivity index (χ2v) is 7.80. The molecular weight excluding hydrogens is 316 g/mol. The minimum atomic E-state index is -2.87. The summed E-state index contributed by atoms with van der Waals surface area (Å²) in [6, 6.07) is 7.75. The third kappa shape index (κ3) is 5.41. The van der Waals surface area contributed by atoms with Crippen LogP contribution in [0.15, 0.2) is 18.2 Å². The van der Waals surface area contributed by atoms with E-state index in [0.717, 1.165) is 5.56 Å². The lowest BCUT2D eigenvalue weighted by molar-refractivity contribution is 0.290. The average molecular weight is 338 g/mol. The number of hydrogen-bond acceptors (Lipinski definition) is 6. The molecule has 1 aromatic rings. The topological polar surface area (TPSA) is 88.4 Å². The maximum absolute atomic E-state index is 11.5. The molecule has 1 atom stereocenters. The summed E-state index contributed by atoms with van der Waals surface area (Å²) in [5, 5.41) is 11.8. The standard InChI is InChI=1S/C16H22N2O4S/c1-21-15-5-4-13(10-16(15)22-8-3-2-7-17)11-18-14-6-9-23(19,20)12-14/h4-5,10,14,18H,2-3,6,8-9,11-12H2,1H3. The smallest absolute Gasteiger partial charge is 0.161 e. The third-order valence-electron chi connectivity index (χ3n) is 3.75. The van der Waals surface area contributed by atoms with Gasteiger partial charge >= 0.3 is 0 Å². The largest absolute Gasteiger partial charge is 0.493 e. The molecule has 7 heteroatoms. The van der Waals surface area contributed by atoms with Crippen molar-refractivity contribution in [3.63, 3.8) is 0 Å². The molecule has 1 aromatic carbocycles. The van der Waals surface area contributed by atoms with Crippen LogP contribution in [0.3, 0.4) is 0 Å². The van der Waals surface area contributed by atoms with Crippen molar-refractivity contribution < 1.29 is 17.9 Å². The normalized spacial score (nSPS) is 19.2. The van der Waals surface area contributed by atoms with Gasteiger partial charge in [-0.05, 0) is 30.5 Å². The van der Waals surface area contributed by atoms with E-state index in [2.05, 4.69) is 11.4 Å². The van der Waals surface area contributed by atoms with Gasteiger partial charge < -0.3 is 14.8 Å². The highest BCUT2D eigenvalue weighted by Gasteiger charge is 2.27. The SMILES string of the molecule is COc1ccc(CNC2CCS(=O)(=O)C2)cc1OCCCC#N. The molecule has 126 valence electrons. The Labute approximate surface area is 137 Å². The summed E-state index contributed by atoms with van der Waals surface area (Å²) in [5.74, 6) is 1.76. The van der Waals surface area contributed by atoms with Gasteiger partial charge in [-0.2, -0.15) is 5.26 Å². The van der Waals surface area contributed by atoms with Crippen LogP contribution in [-0.4, -0.2) is 39.7 Å². The minimum absolute atomic E-state index is 0.0158. The molecular formula is C16H22N2O4S. The molecule has 23 heavy (non-hydrogen) atoms. The summed E-state index contributed by atoms with van der Waals surface area (Å²) in [5.41, 5.74) is 1.00. The number of nitriles is 1. The van der Waals surface area contributed by atoms with Gasteiger partial charge in [-0.1, -0.05) is 6.07 Å². The quantitative estimate of drug-likeness (QED) is 0.725. The molecule has 1 N–H and O–H groups in total. The molecule has 1 fully saturated rings. The highest BCUT2D eigenvalue weighted by atomic mass is 32.2. The molecule has 2 rings (SSSR count). The Morgan fingerprint density at radius 2 is 2.22 bits per heavy atom.